The summed E-state index contributed by atoms with van der Waals surface area (Å²) in [6, 6.07) is 5.84. The van der Waals surface area contributed by atoms with Crippen molar-refractivity contribution < 1.29 is 4.79 Å². The van der Waals surface area contributed by atoms with E-state index in [-0.39, 0.29) is 17.2 Å². The third-order valence-corrected chi connectivity index (χ3v) is 6.78. The van der Waals surface area contributed by atoms with Crippen LogP contribution in [0.3, 0.4) is 0 Å². The molecule has 3 heterocycles. The second-order valence-corrected chi connectivity index (χ2v) is 8.94. The zero-order valence-corrected chi connectivity index (χ0v) is 19.5. The zero-order valence-electron chi connectivity index (χ0n) is 19.5. The summed E-state index contributed by atoms with van der Waals surface area (Å²) in [5.41, 5.74) is 1.46. The molecule has 0 radical (unpaired) electrons. The molecule has 0 unspecified atom stereocenters. The minimum atomic E-state index is -0.417. The zero-order chi connectivity index (χ0) is 23.4. The number of carbonyl (C=O) groups excluding carboxylic acids is 1. The predicted octanol–water partition coefficient (Wildman–Crippen LogP) is 2.50. The van der Waals surface area contributed by atoms with E-state index in [0.717, 1.165) is 64.0 Å². The van der Waals surface area contributed by atoms with Crippen molar-refractivity contribution in [2.45, 2.75) is 52.0 Å². The van der Waals surface area contributed by atoms with Gasteiger partial charge in [-0.3, -0.25) is 14.0 Å². The monoisotopic (exact) mass is 448 g/mol. The SMILES string of the molecule is CCN1CCN(c2nc3c(C)cccn3c(=O)c2C=C(C#N)C(=O)NC2CCCCC2)CC1. The van der Waals surface area contributed by atoms with Crippen molar-refractivity contribution in [3.63, 3.8) is 0 Å². The maximum absolute atomic E-state index is 13.5. The molecule has 0 atom stereocenters. The molecular formula is C25H32N6O2. The van der Waals surface area contributed by atoms with E-state index < -0.39 is 5.91 Å². The Morgan fingerprint density at radius 1 is 1.24 bits per heavy atom. The predicted molar refractivity (Wildman–Crippen MR) is 129 cm³/mol. The number of rotatable bonds is 5. The van der Waals surface area contributed by atoms with Crippen LogP contribution < -0.4 is 15.8 Å². The van der Waals surface area contributed by atoms with E-state index in [1.807, 2.05) is 19.1 Å². The molecule has 2 aliphatic rings. The summed E-state index contributed by atoms with van der Waals surface area (Å²) >= 11 is 0. The normalized spacial score (nSPS) is 18.3. The Bertz CT molecular complexity index is 1150. The van der Waals surface area contributed by atoms with Crippen LogP contribution >= 0.6 is 0 Å². The molecule has 1 aliphatic carbocycles. The summed E-state index contributed by atoms with van der Waals surface area (Å²) in [6.07, 6.45) is 8.32. The Labute approximate surface area is 194 Å². The lowest BCUT2D eigenvalue weighted by Gasteiger charge is -2.35. The first-order chi connectivity index (χ1) is 16.0. The lowest BCUT2D eigenvalue weighted by Crippen LogP contribution is -2.47. The molecular weight excluding hydrogens is 416 g/mol. The van der Waals surface area contributed by atoms with E-state index in [1.54, 1.807) is 12.3 Å². The van der Waals surface area contributed by atoms with Gasteiger partial charge in [0.15, 0.2) is 0 Å². The van der Waals surface area contributed by atoms with Gasteiger partial charge in [0.1, 0.15) is 23.1 Å². The van der Waals surface area contributed by atoms with Gasteiger partial charge >= 0.3 is 0 Å². The number of nitrogens with one attached hydrogen (secondary N) is 1. The van der Waals surface area contributed by atoms with E-state index in [4.69, 9.17) is 4.98 Å². The fourth-order valence-electron chi connectivity index (χ4n) is 4.75. The molecule has 2 aromatic heterocycles. The number of aryl methyl sites for hydroxylation is 1. The molecule has 1 saturated heterocycles. The third-order valence-electron chi connectivity index (χ3n) is 6.78. The Morgan fingerprint density at radius 3 is 2.64 bits per heavy atom. The number of nitriles is 1. The van der Waals surface area contributed by atoms with Crippen molar-refractivity contribution >= 4 is 23.4 Å². The summed E-state index contributed by atoms with van der Waals surface area (Å²) in [5, 5.41) is 12.8. The van der Waals surface area contributed by atoms with E-state index in [9.17, 15) is 14.9 Å². The molecule has 8 nitrogen and oxygen atoms in total. The van der Waals surface area contributed by atoms with Crippen molar-refractivity contribution in [1.82, 2.24) is 19.6 Å². The van der Waals surface area contributed by atoms with Crippen LogP contribution in [0.4, 0.5) is 5.82 Å². The number of fused-ring (bicyclic) bond motifs is 1. The van der Waals surface area contributed by atoms with Crippen molar-refractivity contribution in [2.24, 2.45) is 0 Å². The first-order valence-electron chi connectivity index (χ1n) is 11.9. The molecule has 1 N–H and O–H groups in total. The fraction of sp³-hybridized carbons (Fsp3) is 0.520. The van der Waals surface area contributed by atoms with E-state index in [0.29, 0.717) is 17.0 Å². The van der Waals surface area contributed by atoms with Crippen LogP contribution in [-0.2, 0) is 4.79 Å². The third kappa shape index (κ3) is 4.93. The average Bonchev–Trinajstić information content (AvgIpc) is 2.84. The fourth-order valence-corrected chi connectivity index (χ4v) is 4.75. The average molecular weight is 449 g/mol. The van der Waals surface area contributed by atoms with Gasteiger partial charge in [-0.25, -0.2) is 4.98 Å². The molecule has 8 heteroatoms. The van der Waals surface area contributed by atoms with Crippen LogP contribution in [0.15, 0.2) is 28.7 Å². The minimum absolute atomic E-state index is 0.0551. The molecule has 2 fully saturated rings. The molecule has 0 spiro atoms. The molecule has 174 valence electrons. The van der Waals surface area contributed by atoms with Gasteiger partial charge in [0.25, 0.3) is 11.5 Å². The van der Waals surface area contributed by atoms with Crippen molar-refractivity contribution in [1.29, 1.82) is 5.26 Å². The van der Waals surface area contributed by atoms with Gasteiger partial charge < -0.3 is 15.1 Å². The van der Waals surface area contributed by atoms with Crippen LogP contribution in [-0.4, -0.2) is 59.0 Å². The largest absolute Gasteiger partial charge is 0.353 e. The number of likely N-dealkylation sites (N-methyl/N-ethyl adjacent to an activating group) is 1. The number of hydrogen-bond donors (Lipinski definition) is 1. The van der Waals surface area contributed by atoms with E-state index in [2.05, 4.69) is 22.0 Å². The summed E-state index contributed by atoms with van der Waals surface area (Å²) in [7, 11) is 0. The van der Waals surface area contributed by atoms with Crippen LogP contribution in [0.25, 0.3) is 11.7 Å². The smallest absolute Gasteiger partial charge is 0.267 e. The van der Waals surface area contributed by atoms with Crippen LogP contribution in [0.2, 0.25) is 0 Å². The first-order valence-corrected chi connectivity index (χ1v) is 11.9. The molecule has 0 aromatic carbocycles. The minimum Gasteiger partial charge on any atom is -0.353 e. The second kappa shape index (κ2) is 10.2. The van der Waals surface area contributed by atoms with E-state index >= 15 is 0 Å². The first kappa shape index (κ1) is 23.0. The molecule has 1 amide bonds. The van der Waals surface area contributed by atoms with Gasteiger partial charge in [0, 0.05) is 38.4 Å². The number of aromatic nitrogens is 2. The second-order valence-electron chi connectivity index (χ2n) is 8.94. The van der Waals surface area contributed by atoms with Gasteiger partial charge in [-0.2, -0.15) is 5.26 Å². The lowest BCUT2D eigenvalue weighted by molar-refractivity contribution is -0.117. The quantitative estimate of drug-likeness (QED) is 0.558. The summed E-state index contributed by atoms with van der Waals surface area (Å²) in [5.74, 6) is 0.128. The molecule has 2 aromatic rings. The highest BCUT2D eigenvalue weighted by molar-refractivity contribution is 6.02. The van der Waals surface area contributed by atoms with Gasteiger partial charge in [-0.05, 0) is 44.0 Å². The number of pyridine rings is 1. The standard InChI is InChI=1S/C25H32N6O2/c1-3-29-12-14-30(15-13-29)23-21(25(33)31-11-7-8-18(2)22(31)28-23)16-19(17-26)24(32)27-20-9-5-4-6-10-20/h7-8,11,16,20H,3-6,9-10,12-15H2,1-2H3,(H,27,32). The van der Waals surface area contributed by atoms with Gasteiger partial charge in [0.05, 0.1) is 5.56 Å². The number of carbonyl (C=O) groups is 1. The number of nitrogens with zero attached hydrogens (tertiary/aromatic N) is 5. The summed E-state index contributed by atoms with van der Waals surface area (Å²) in [6.45, 7) is 8.27. The van der Waals surface area contributed by atoms with Gasteiger partial charge in [-0.1, -0.05) is 32.3 Å². The lowest BCUT2D eigenvalue weighted by atomic mass is 9.95. The highest BCUT2D eigenvalue weighted by Crippen LogP contribution is 2.22. The number of amides is 1. The molecule has 33 heavy (non-hydrogen) atoms. The maximum atomic E-state index is 13.5. The van der Waals surface area contributed by atoms with Gasteiger partial charge in [0.2, 0.25) is 0 Å². The van der Waals surface area contributed by atoms with Crippen LogP contribution in [0, 0.1) is 18.3 Å². The molecule has 4 rings (SSSR count). The van der Waals surface area contributed by atoms with Crippen molar-refractivity contribution in [3.8, 4) is 6.07 Å². The Kier molecular flexibility index (Phi) is 7.09. The van der Waals surface area contributed by atoms with Crippen LogP contribution in [0.5, 0.6) is 0 Å². The number of piperazine rings is 1. The maximum Gasteiger partial charge on any atom is 0.267 e. The summed E-state index contributed by atoms with van der Waals surface area (Å²) in [4.78, 5) is 35.7. The van der Waals surface area contributed by atoms with Gasteiger partial charge in [-0.15, -0.1) is 0 Å². The Hall–Kier alpha value is -3.18. The number of hydrogen-bond acceptors (Lipinski definition) is 6. The van der Waals surface area contributed by atoms with Crippen molar-refractivity contribution in [3.05, 3.63) is 45.4 Å². The summed E-state index contributed by atoms with van der Waals surface area (Å²) < 4.78 is 1.50. The Balaban J connectivity index is 1.76. The highest BCUT2D eigenvalue weighted by atomic mass is 16.2. The molecule has 1 saturated carbocycles. The van der Waals surface area contributed by atoms with E-state index in [1.165, 1.54) is 16.9 Å². The topological polar surface area (TPSA) is 93.7 Å². The highest BCUT2D eigenvalue weighted by Gasteiger charge is 2.24. The molecule has 0 bridgehead atoms. The van der Waals surface area contributed by atoms with Crippen molar-refractivity contribution in [2.75, 3.05) is 37.6 Å². The molecule has 1 aliphatic heterocycles. The van der Waals surface area contributed by atoms with Crippen LogP contribution in [0.1, 0.15) is 50.2 Å². The Morgan fingerprint density at radius 2 is 1.97 bits per heavy atom. The number of anilines is 1.